The summed E-state index contributed by atoms with van der Waals surface area (Å²) in [6.45, 7) is -0.562. The largest absolute Gasteiger partial charge is 0.495 e. The number of amides is 2. The van der Waals surface area contributed by atoms with Gasteiger partial charge >= 0.3 is 5.97 Å². The zero-order chi connectivity index (χ0) is 17.9. The number of hydrogen-bond acceptors (Lipinski definition) is 7. The van der Waals surface area contributed by atoms with E-state index in [1.807, 2.05) is 0 Å². The van der Waals surface area contributed by atoms with Crippen LogP contribution in [0, 0.1) is 0 Å². The summed E-state index contributed by atoms with van der Waals surface area (Å²) < 4.78 is 36.2. The molecule has 10 heteroatoms. The van der Waals surface area contributed by atoms with Crippen molar-refractivity contribution < 1.29 is 32.3 Å². The summed E-state index contributed by atoms with van der Waals surface area (Å²) in [5.41, 5.74) is 0.127. The van der Waals surface area contributed by atoms with E-state index in [4.69, 9.17) is 4.74 Å². The van der Waals surface area contributed by atoms with E-state index in [1.54, 1.807) is 0 Å². The van der Waals surface area contributed by atoms with Crippen LogP contribution in [-0.2, 0) is 29.1 Å². The lowest BCUT2D eigenvalue weighted by molar-refractivity contribution is -0.139. The molecule has 0 atom stereocenters. The predicted octanol–water partition coefficient (Wildman–Crippen LogP) is -0.200. The average Bonchev–Trinajstić information content (AvgIpc) is 2.90. The van der Waals surface area contributed by atoms with Crippen molar-refractivity contribution in [3.05, 3.63) is 18.2 Å². The highest BCUT2D eigenvalue weighted by Gasteiger charge is 2.32. The number of ether oxygens (including phenoxy) is 2. The fourth-order valence-corrected chi connectivity index (χ4v) is 3.34. The van der Waals surface area contributed by atoms with Crippen LogP contribution in [0.5, 0.6) is 5.75 Å². The molecule has 130 valence electrons. The number of sulfonamides is 1. The van der Waals surface area contributed by atoms with E-state index in [1.165, 1.54) is 19.2 Å². The van der Waals surface area contributed by atoms with E-state index in [0.717, 1.165) is 18.1 Å². The fraction of sp³-hybridized carbons (Fsp3) is 0.357. The van der Waals surface area contributed by atoms with Gasteiger partial charge in [-0.25, -0.2) is 8.42 Å². The number of carbonyl (C=O) groups is 3. The van der Waals surface area contributed by atoms with Crippen molar-refractivity contribution in [2.75, 3.05) is 25.7 Å². The third-order valence-electron chi connectivity index (χ3n) is 3.38. The van der Waals surface area contributed by atoms with Gasteiger partial charge in [-0.15, -0.1) is 0 Å². The molecule has 1 aromatic rings. The minimum Gasteiger partial charge on any atom is -0.495 e. The molecule has 1 aromatic carbocycles. The predicted molar refractivity (Wildman–Crippen MR) is 81.9 cm³/mol. The van der Waals surface area contributed by atoms with Crippen molar-refractivity contribution in [2.45, 2.75) is 17.7 Å². The number of nitrogens with zero attached hydrogens (tertiary/aromatic N) is 1. The average molecular weight is 356 g/mol. The van der Waals surface area contributed by atoms with Gasteiger partial charge in [0.05, 0.1) is 19.9 Å². The number of esters is 1. The topological polar surface area (TPSA) is 119 Å². The SMILES string of the molecule is COC(=O)CNS(=O)(=O)c1cc(N2C(=O)CCC2=O)ccc1OC. The van der Waals surface area contributed by atoms with Gasteiger partial charge < -0.3 is 9.47 Å². The molecule has 0 unspecified atom stereocenters. The number of rotatable bonds is 6. The van der Waals surface area contributed by atoms with Gasteiger partial charge in [-0.2, -0.15) is 4.72 Å². The van der Waals surface area contributed by atoms with Gasteiger partial charge in [0, 0.05) is 12.8 Å². The van der Waals surface area contributed by atoms with Gasteiger partial charge in [-0.05, 0) is 18.2 Å². The summed E-state index contributed by atoms with van der Waals surface area (Å²) in [6, 6.07) is 3.90. The highest BCUT2D eigenvalue weighted by atomic mass is 32.2. The molecule has 2 amide bonds. The Bertz CT molecular complexity index is 772. The molecule has 0 aromatic heterocycles. The second-order valence-corrected chi connectivity index (χ2v) is 6.59. The molecule has 9 nitrogen and oxygen atoms in total. The van der Waals surface area contributed by atoms with Crippen LogP contribution in [0.4, 0.5) is 5.69 Å². The first-order valence-corrected chi connectivity index (χ1v) is 8.38. The monoisotopic (exact) mass is 356 g/mol. The Morgan fingerprint density at radius 2 is 1.83 bits per heavy atom. The van der Waals surface area contributed by atoms with Crippen LogP contribution in [0.2, 0.25) is 0 Å². The standard InChI is InChI=1S/C14H16N2O7S/c1-22-10-4-3-9(16-12(17)5-6-13(16)18)7-11(10)24(20,21)15-8-14(19)23-2/h3-4,7,15H,5-6,8H2,1-2H3. The Kier molecular flexibility index (Phi) is 5.20. The molecular formula is C14H16N2O7S. The summed E-state index contributed by atoms with van der Waals surface area (Å²) in [4.78, 5) is 35.4. The number of carbonyl (C=O) groups excluding carboxylic acids is 3. The van der Waals surface area contributed by atoms with Crippen LogP contribution in [0.3, 0.4) is 0 Å². The van der Waals surface area contributed by atoms with Gasteiger partial charge in [0.25, 0.3) is 0 Å². The lowest BCUT2D eigenvalue weighted by Gasteiger charge is -2.17. The van der Waals surface area contributed by atoms with Crippen LogP contribution in [0.25, 0.3) is 0 Å². The summed E-state index contributed by atoms with van der Waals surface area (Å²) in [6.07, 6.45) is 0.154. The van der Waals surface area contributed by atoms with Crippen molar-refractivity contribution in [3.63, 3.8) is 0 Å². The van der Waals surface area contributed by atoms with Crippen molar-refractivity contribution in [3.8, 4) is 5.75 Å². The quantitative estimate of drug-likeness (QED) is 0.554. The number of anilines is 1. The van der Waals surface area contributed by atoms with Crippen LogP contribution >= 0.6 is 0 Å². The Morgan fingerprint density at radius 3 is 2.38 bits per heavy atom. The minimum absolute atomic E-state index is 0.00945. The van der Waals surface area contributed by atoms with E-state index in [9.17, 15) is 22.8 Å². The molecular weight excluding hydrogens is 340 g/mol. The molecule has 2 rings (SSSR count). The van der Waals surface area contributed by atoms with Crippen LogP contribution in [0.1, 0.15) is 12.8 Å². The van der Waals surface area contributed by atoms with Crippen molar-refractivity contribution in [1.29, 1.82) is 0 Å². The molecule has 1 heterocycles. The van der Waals surface area contributed by atoms with Gasteiger partial charge in [-0.1, -0.05) is 0 Å². The number of methoxy groups -OCH3 is 2. The van der Waals surface area contributed by atoms with E-state index in [-0.39, 0.29) is 29.2 Å². The first-order valence-electron chi connectivity index (χ1n) is 6.90. The number of benzene rings is 1. The molecule has 24 heavy (non-hydrogen) atoms. The number of imide groups is 1. The maximum atomic E-state index is 12.4. The third-order valence-corrected chi connectivity index (χ3v) is 4.80. The minimum atomic E-state index is -4.12. The number of nitrogens with one attached hydrogen (secondary N) is 1. The first kappa shape index (κ1) is 17.9. The molecule has 0 aliphatic carbocycles. The molecule has 1 aliphatic rings. The first-order chi connectivity index (χ1) is 11.3. The van der Waals surface area contributed by atoms with E-state index < -0.39 is 34.4 Å². The molecule has 1 saturated heterocycles. The highest BCUT2D eigenvalue weighted by Crippen LogP contribution is 2.31. The molecule has 1 fully saturated rings. The van der Waals surface area contributed by atoms with Gasteiger partial charge in [0.2, 0.25) is 21.8 Å². The Labute approximate surface area is 138 Å². The Balaban J connectivity index is 2.41. The van der Waals surface area contributed by atoms with E-state index in [2.05, 4.69) is 9.46 Å². The lowest BCUT2D eigenvalue weighted by Crippen LogP contribution is -2.31. The molecule has 1 aliphatic heterocycles. The van der Waals surface area contributed by atoms with E-state index in [0.29, 0.717) is 0 Å². The van der Waals surface area contributed by atoms with E-state index >= 15 is 0 Å². The molecule has 0 spiro atoms. The fourth-order valence-electron chi connectivity index (χ4n) is 2.18. The van der Waals surface area contributed by atoms with Crippen LogP contribution in [0.15, 0.2) is 23.1 Å². The molecule has 0 radical (unpaired) electrons. The molecule has 1 N–H and O–H groups in total. The van der Waals surface area contributed by atoms with Gasteiger partial charge in [0.15, 0.2) is 0 Å². The van der Waals surface area contributed by atoms with Gasteiger partial charge in [-0.3, -0.25) is 19.3 Å². The summed E-state index contributed by atoms with van der Waals surface area (Å²) in [5, 5.41) is 0. The van der Waals surface area contributed by atoms with Crippen LogP contribution in [-0.4, -0.2) is 47.0 Å². The van der Waals surface area contributed by atoms with Gasteiger partial charge in [0.1, 0.15) is 17.2 Å². The molecule has 0 saturated carbocycles. The summed E-state index contributed by atoms with van der Waals surface area (Å²) in [7, 11) is -1.71. The zero-order valence-corrected chi connectivity index (χ0v) is 13.9. The van der Waals surface area contributed by atoms with Crippen molar-refractivity contribution >= 4 is 33.5 Å². The third kappa shape index (κ3) is 3.54. The maximum absolute atomic E-state index is 12.4. The second-order valence-electron chi connectivity index (χ2n) is 4.86. The number of hydrogen-bond donors (Lipinski definition) is 1. The lowest BCUT2D eigenvalue weighted by atomic mass is 10.2. The summed E-state index contributed by atoms with van der Waals surface area (Å²) >= 11 is 0. The Hall–Kier alpha value is -2.46. The van der Waals surface area contributed by atoms with Crippen molar-refractivity contribution in [1.82, 2.24) is 4.72 Å². The Morgan fingerprint density at radius 1 is 1.21 bits per heavy atom. The highest BCUT2D eigenvalue weighted by molar-refractivity contribution is 7.89. The smallest absolute Gasteiger partial charge is 0.320 e. The summed E-state index contributed by atoms with van der Waals surface area (Å²) in [5.74, 6) is -1.57. The zero-order valence-electron chi connectivity index (χ0n) is 13.1. The second kappa shape index (κ2) is 6.97. The maximum Gasteiger partial charge on any atom is 0.320 e. The van der Waals surface area contributed by atoms with Crippen LogP contribution < -0.4 is 14.4 Å². The molecule has 0 bridgehead atoms. The normalized spacial score (nSPS) is 14.8. The van der Waals surface area contributed by atoms with Crippen molar-refractivity contribution in [2.24, 2.45) is 0 Å².